The van der Waals surface area contributed by atoms with E-state index in [1.54, 1.807) is 2.88 Å². The van der Waals surface area contributed by atoms with Crippen LogP contribution in [0.15, 0.2) is 71.2 Å². The Balaban J connectivity index is 1.53. The van der Waals surface area contributed by atoms with Gasteiger partial charge in [-0.3, -0.25) is 0 Å². The van der Waals surface area contributed by atoms with Gasteiger partial charge < -0.3 is 4.42 Å². The van der Waals surface area contributed by atoms with Gasteiger partial charge in [0.25, 0.3) is 0 Å². The molecule has 3 aromatic carbocycles. The molecule has 4 heteroatoms. The predicted molar refractivity (Wildman–Crippen MR) is 134 cm³/mol. The summed E-state index contributed by atoms with van der Waals surface area (Å²) in [5.74, 6) is 0. The number of furan rings is 1. The Morgan fingerprint density at radius 1 is 0.852 bits per heavy atom. The molecule has 1 aliphatic heterocycles. The molecule has 0 saturated heterocycles. The van der Waals surface area contributed by atoms with E-state index in [-0.39, 0.29) is 20.7 Å². The highest BCUT2D eigenvalue weighted by Gasteiger charge is 2.15. The van der Waals surface area contributed by atoms with Crippen molar-refractivity contribution in [3.63, 3.8) is 0 Å². The first kappa shape index (κ1) is 16.4. The van der Waals surface area contributed by atoms with Gasteiger partial charge in [-0.15, -0.1) is 11.3 Å². The fraction of sp³-hybridized carbons (Fsp3) is 0. The predicted octanol–water partition coefficient (Wildman–Crippen LogP) is 7.79. The molecular weight excluding hydrogens is 578 g/mol. The Kier molecular flexibility index (Phi) is 3.81. The first-order valence-corrected chi connectivity index (χ1v) is 12.7. The lowest BCUT2D eigenvalue weighted by Gasteiger charge is -2.07. The molecule has 0 saturated carbocycles. The number of fused-ring (bicyclic) bond motifs is 6. The second-order valence-corrected chi connectivity index (χ2v) is 12.2. The van der Waals surface area contributed by atoms with Gasteiger partial charge in [0.05, 0.1) is 2.88 Å². The van der Waals surface area contributed by atoms with Crippen LogP contribution in [0.1, 0.15) is 11.1 Å². The highest BCUT2D eigenvalue weighted by atomic mass is 127. The van der Waals surface area contributed by atoms with Crippen LogP contribution in [0.4, 0.5) is 0 Å². The molecule has 2 aromatic heterocycles. The second-order valence-electron chi connectivity index (χ2n) is 6.49. The van der Waals surface area contributed by atoms with Crippen molar-refractivity contribution in [2.24, 2.45) is 0 Å². The molecule has 0 radical (unpaired) electrons. The van der Waals surface area contributed by atoms with E-state index in [9.17, 15) is 0 Å². The Morgan fingerprint density at radius 2 is 1.78 bits per heavy atom. The number of halogens is 2. The van der Waals surface area contributed by atoms with Crippen molar-refractivity contribution in [3.8, 4) is 0 Å². The van der Waals surface area contributed by atoms with Gasteiger partial charge in [-0.2, -0.15) is 0 Å². The molecule has 0 N–H and O–H groups in total. The molecule has 130 valence electrons. The summed E-state index contributed by atoms with van der Waals surface area (Å²) in [7, 11) is 0. The fourth-order valence-electron chi connectivity index (χ4n) is 3.62. The number of thiophene rings is 1. The van der Waals surface area contributed by atoms with E-state index in [4.69, 9.17) is 4.42 Å². The third kappa shape index (κ3) is 2.57. The minimum absolute atomic E-state index is 0.180. The Labute approximate surface area is 183 Å². The molecular formula is C23H12I2OS. The molecule has 1 aliphatic rings. The number of hydrogen-bond acceptors (Lipinski definition) is 2. The summed E-state index contributed by atoms with van der Waals surface area (Å²) >= 11 is 4.17. The molecule has 5 aromatic rings. The third-order valence-corrected chi connectivity index (χ3v) is 10.6. The van der Waals surface area contributed by atoms with Crippen LogP contribution in [0.2, 0.25) is 0 Å². The summed E-state index contributed by atoms with van der Waals surface area (Å²) < 4.78 is 11.8. The van der Waals surface area contributed by atoms with E-state index in [1.165, 1.54) is 39.1 Å². The molecule has 0 spiro atoms. The highest BCUT2D eigenvalue weighted by Crippen LogP contribution is 2.40. The molecule has 1 nitrogen and oxygen atoms in total. The smallest absolute Gasteiger partial charge is 0.136 e. The molecule has 3 heterocycles. The van der Waals surface area contributed by atoms with Gasteiger partial charge in [0.2, 0.25) is 0 Å². The average molecular weight is 590 g/mol. The van der Waals surface area contributed by atoms with Crippen molar-refractivity contribution in [1.82, 2.24) is 0 Å². The van der Waals surface area contributed by atoms with Crippen molar-refractivity contribution in [3.05, 3.63) is 84.3 Å². The van der Waals surface area contributed by atoms with Gasteiger partial charge in [0.1, 0.15) is 11.2 Å². The van der Waals surface area contributed by atoms with Crippen molar-refractivity contribution < 1.29 is 4.42 Å². The lowest BCUT2D eigenvalue weighted by molar-refractivity contribution is 0.669. The molecule has 0 atom stereocenters. The molecule has 0 bridgehead atoms. The van der Waals surface area contributed by atoms with Crippen LogP contribution in [0.5, 0.6) is 0 Å². The third-order valence-electron chi connectivity index (χ3n) is 4.89. The van der Waals surface area contributed by atoms with Gasteiger partial charge in [0, 0.05) is 33.5 Å². The van der Waals surface area contributed by atoms with E-state index in [1.807, 2.05) is 11.3 Å². The second kappa shape index (κ2) is 6.25. The van der Waals surface area contributed by atoms with Gasteiger partial charge in [-0.05, 0) is 64.6 Å². The fourth-order valence-corrected chi connectivity index (χ4v) is 9.24. The first-order valence-electron chi connectivity index (χ1n) is 8.60. The van der Waals surface area contributed by atoms with E-state index in [0.29, 0.717) is 0 Å². The average Bonchev–Trinajstić information content (AvgIpc) is 3.25. The van der Waals surface area contributed by atoms with E-state index >= 15 is 0 Å². The quantitative estimate of drug-likeness (QED) is 0.182. The summed E-state index contributed by atoms with van der Waals surface area (Å²) in [5, 5.41) is 3.83. The molecule has 6 rings (SSSR count). The maximum atomic E-state index is 6.15. The van der Waals surface area contributed by atoms with E-state index < -0.39 is 0 Å². The molecule has 0 amide bonds. The molecule has 27 heavy (non-hydrogen) atoms. The van der Waals surface area contributed by atoms with Crippen LogP contribution >= 0.6 is 54.7 Å². The maximum absolute atomic E-state index is 6.15. The van der Waals surface area contributed by atoms with Crippen LogP contribution in [0.3, 0.4) is 0 Å². The van der Waals surface area contributed by atoms with Crippen LogP contribution in [0.25, 0.3) is 38.1 Å². The minimum Gasteiger partial charge on any atom is -0.456 e. The summed E-state index contributed by atoms with van der Waals surface area (Å²) in [4.78, 5) is 0. The maximum Gasteiger partial charge on any atom is 0.136 e. The summed E-state index contributed by atoms with van der Waals surface area (Å²) in [5.41, 5.74) is 4.69. The van der Waals surface area contributed by atoms with Crippen LogP contribution in [-0.4, -0.2) is 3.51 Å². The Morgan fingerprint density at radius 3 is 2.74 bits per heavy atom. The molecule has 0 unspecified atom stereocenters. The van der Waals surface area contributed by atoms with Crippen molar-refractivity contribution in [2.75, 3.05) is 0 Å². The zero-order chi connectivity index (χ0) is 18.0. The first-order chi connectivity index (χ1) is 13.3. The van der Waals surface area contributed by atoms with Crippen molar-refractivity contribution >= 4 is 96.3 Å². The van der Waals surface area contributed by atoms with Gasteiger partial charge in [0.15, 0.2) is 0 Å². The summed E-state index contributed by atoms with van der Waals surface area (Å²) in [6, 6.07) is 21.7. The lowest BCUT2D eigenvalue weighted by atomic mass is 10.1. The van der Waals surface area contributed by atoms with E-state index in [0.717, 1.165) is 11.2 Å². The summed E-state index contributed by atoms with van der Waals surface area (Å²) in [6.45, 7) is 0. The number of rotatable bonds is 1. The zero-order valence-corrected chi connectivity index (χ0v) is 19.1. The largest absolute Gasteiger partial charge is 0.456 e. The van der Waals surface area contributed by atoms with Crippen LogP contribution < -0.4 is 0 Å². The lowest BCUT2D eigenvalue weighted by Crippen LogP contribution is -1.96. The zero-order valence-electron chi connectivity index (χ0n) is 14.0. The van der Waals surface area contributed by atoms with E-state index in [2.05, 4.69) is 95.4 Å². The van der Waals surface area contributed by atoms with Crippen molar-refractivity contribution in [1.29, 1.82) is 0 Å². The van der Waals surface area contributed by atoms with Gasteiger partial charge >= 0.3 is 0 Å². The number of hydrogen-bond donors (Lipinski definition) is 0. The van der Waals surface area contributed by atoms with Crippen LogP contribution in [-0.2, 0) is 0 Å². The SMILES string of the molecule is Ic1cccc2oc3cc(C4=Ic5sc6ccccc6c5C=C4)ccc3c12. The van der Waals surface area contributed by atoms with Gasteiger partial charge in [-0.25, -0.2) is 0 Å². The molecule has 0 fully saturated rings. The molecule has 0 aliphatic carbocycles. The summed E-state index contributed by atoms with van der Waals surface area (Å²) in [6.07, 6.45) is 4.63. The van der Waals surface area contributed by atoms with Crippen molar-refractivity contribution in [2.45, 2.75) is 0 Å². The number of benzene rings is 3. The topological polar surface area (TPSA) is 13.1 Å². The normalized spacial score (nSPS) is 13.7. The standard InChI is InChI=1S/C23H12I2OS/c24-17-5-3-6-19-22(17)16-9-8-13(12-20(16)26-19)18-11-10-15-14-4-1-2-7-21(14)27-23(15)25-18/h1-12H. The Hall–Kier alpha value is -1.51. The number of allylic oxidation sites excluding steroid dienone is 1. The Bertz CT molecular complexity index is 1440. The minimum atomic E-state index is -0.180. The monoisotopic (exact) mass is 590 g/mol. The van der Waals surface area contributed by atoms with Crippen LogP contribution in [0, 0.1) is 6.45 Å². The highest BCUT2D eigenvalue weighted by molar-refractivity contribution is 14.2. The van der Waals surface area contributed by atoms with Gasteiger partial charge in [-0.1, -0.05) is 57.1 Å².